The summed E-state index contributed by atoms with van der Waals surface area (Å²) in [5.74, 6) is 2.87. The first-order chi connectivity index (χ1) is 7.83. The average Bonchev–Trinajstić information content (AvgIpc) is 2.55. The summed E-state index contributed by atoms with van der Waals surface area (Å²) in [6, 6.07) is 2.18. The number of hydrogen-bond donors (Lipinski definition) is 1. The molecule has 1 aromatic rings. The number of aryl methyl sites for hydroxylation is 2. The lowest BCUT2D eigenvalue weighted by atomic mass is 9.86. The molecule has 0 saturated heterocycles. The molecule has 0 unspecified atom stereocenters. The van der Waals surface area contributed by atoms with E-state index in [-0.39, 0.29) is 5.41 Å². The van der Waals surface area contributed by atoms with Crippen molar-refractivity contribution in [3.63, 3.8) is 0 Å². The van der Waals surface area contributed by atoms with Gasteiger partial charge in [0.25, 0.3) is 0 Å². The Morgan fingerprint density at radius 2 is 1.94 bits per heavy atom. The average molecular weight is 237 g/mol. The van der Waals surface area contributed by atoms with E-state index in [1.54, 1.807) is 0 Å². The highest BCUT2D eigenvalue weighted by atomic mass is 16.3. The smallest absolute Gasteiger partial charge is 0.110 e. The van der Waals surface area contributed by atoms with Crippen LogP contribution in [0.5, 0.6) is 0 Å². The van der Waals surface area contributed by atoms with Crippen molar-refractivity contribution in [1.29, 1.82) is 0 Å². The van der Waals surface area contributed by atoms with Crippen LogP contribution in [0.25, 0.3) is 0 Å². The zero-order chi connectivity index (χ0) is 13.1. The molecular formula is C15H27NO. The summed E-state index contributed by atoms with van der Waals surface area (Å²) >= 11 is 0. The second-order valence-electron chi connectivity index (χ2n) is 6.08. The number of hydrogen-bond acceptors (Lipinski definition) is 2. The zero-order valence-corrected chi connectivity index (χ0v) is 12.2. The van der Waals surface area contributed by atoms with Crippen LogP contribution in [0.3, 0.4) is 0 Å². The molecule has 0 amide bonds. The van der Waals surface area contributed by atoms with Gasteiger partial charge in [0.05, 0.1) is 0 Å². The van der Waals surface area contributed by atoms with Crippen LogP contribution in [0.15, 0.2) is 10.5 Å². The minimum atomic E-state index is 0.114. The van der Waals surface area contributed by atoms with Crippen LogP contribution in [0.4, 0.5) is 0 Å². The third kappa shape index (κ3) is 4.19. The Balaban J connectivity index is 2.50. The number of furan rings is 1. The van der Waals surface area contributed by atoms with Crippen LogP contribution in [0, 0.1) is 19.8 Å². The van der Waals surface area contributed by atoms with Crippen LogP contribution >= 0.6 is 0 Å². The fourth-order valence-corrected chi connectivity index (χ4v) is 1.82. The summed E-state index contributed by atoms with van der Waals surface area (Å²) in [5, 5.41) is 3.49. The third-order valence-corrected chi connectivity index (χ3v) is 3.31. The van der Waals surface area contributed by atoms with Crippen LogP contribution in [0.2, 0.25) is 0 Å². The van der Waals surface area contributed by atoms with Gasteiger partial charge in [-0.3, -0.25) is 0 Å². The van der Waals surface area contributed by atoms with E-state index in [0.717, 1.165) is 31.0 Å². The van der Waals surface area contributed by atoms with Gasteiger partial charge in [0.1, 0.15) is 11.5 Å². The highest BCUT2D eigenvalue weighted by Crippen LogP contribution is 2.29. The van der Waals surface area contributed by atoms with Crippen molar-refractivity contribution >= 4 is 0 Å². The lowest BCUT2D eigenvalue weighted by Gasteiger charge is -2.22. The molecular weight excluding hydrogens is 210 g/mol. The molecule has 0 spiro atoms. The van der Waals surface area contributed by atoms with Gasteiger partial charge in [-0.05, 0) is 50.9 Å². The van der Waals surface area contributed by atoms with E-state index >= 15 is 0 Å². The maximum Gasteiger partial charge on any atom is 0.110 e. The summed E-state index contributed by atoms with van der Waals surface area (Å²) in [4.78, 5) is 0. The number of nitrogens with one attached hydrogen (secondary N) is 1. The fourth-order valence-electron chi connectivity index (χ4n) is 1.82. The second kappa shape index (κ2) is 5.72. The molecule has 0 aliphatic rings. The molecule has 1 rings (SSSR count). The topological polar surface area (TPSA) is 25.2 Å². The lowest BCUT2D eigenvalue weighted by molar-refractivity contribution is 0.347. The normalized spacial score (nSPS) is 12.4. The first kappa shape index (κ1) is 14.3. The SMILES string of the molecule is Cc1cc(C(C)(C)CCNCC(C)C)oc1C. The molecule has 0 saturated carbocycles. The molecule has 2 heteroatoms. The van der Waals surface area contributed by atoms with E-state index in [0.29, 0.717) is 5.92 Å². The number of rotatable bonds is 6. The summed E-state index contributed by atoms with van der Waals surface area (Å²) in [7, 11) is 0. The molecule has 2 nitrogen and oxygen atoms in total. The van der Waals surface area contributed by atoms with Gasteiger partial charge in [-0.15, -0.1) is 0 Å². The predicted octanol–water partition coefficient (Wildman–Crippen LogP) is 3.81. The van der Waals surface area contributed by atoms with E-state index < -0.39 is 0 Å². The van der Waals surface area contributed by atoms with Crippen LogP contribution in [-0.4, -0.2) is 13.1 Å². The molecule has 1 N–H and O–H groups in total. The summed E-state index contributed by atoms with van der Waals surface area (Å²) in [5.41, 5.74) is 1.37. The van der Waals surface area contributed by atoms with E-state index in [4.69, 9.17) is 4.42 Å². The minimum absolute atomic E-state index is 0.114. The minimum Gasteiger partial charge on any atom is -0.466 e. The Kier molecular flexibility index (Phi) is 4.81. The van der Waals surface area contributed by atoms with Gasteiger partial charge < -0.3 is 9.73 Å². The molecule has 0 aliphatic carbocycles. The maximum absolute atomic E-state index is 5.83. The fraction of sp³-hybridized carbons (Fsp3) is 0.733. The summed E-state index contributed by atoms with van der Waals surface area (Å²) < 4.78 is 5.83. The van der Waals surface area contributed by atoms with Crippen LogP contribution in [-0.2, 0) is 5.41 Å². The first-order valence-corrected chi connectivity index (χ1v) is 6.61. The quantitative estimate of drug-likeness (QED) is 0.761. The Morgan fingerprint density at radius 1 is 1.29 bits per heavy atom. The summed E-state index contributed by atoms with van der Waals surface area (Å²) in [6.07, 6.45) is 1.10. The Bertz CT molecular complexity index is 330. The Morgan fingerprint density at radius 3 is 2.41 bits per heavy atom. The predicted molar refractivity (Wildman–Crippen MR) is 73.5 cm³/mol. The third-order valence-electron chi connectivity index (χ3n) is 3.31. The van der Waals surface area contributed by atoms with E-state index in [1.807, 2.05) is 6.92 Å². The van der Waals surface area contributed by atoms with Crippen molar-refractivity contribution in [3.05, 3.63) is 23.2 Å². The Labute approximate surface area is 106 Å². The van der Waals surface area contributed by atoms with E-state index in [1.165, 1.54) is 5.56 Å². The first-order valence-electron chi connectivity index (χ1n) is 6.61. The van der Waals surface area contributed by atoms with Crippen LogP contribution < -0.4 is 5.32 Å². The molecule has 0 bridgehead atoms. The highest BCUT2D eigenvalue weighted by Gasteiger charge is 2.24. The van der Waals surface area contributed by atoms with E-state index in [2.05, 4.69) is 46.0 Å². The van der Waals surface area contributed by atoms with Gasteiger partial charge >= 0.3 is 0 Å². The molecule has 0 aromatic carbocycles. The monoisotopic (exact) mass is 237 g/mol. The zero-order valence-electron chi connectivity index (χ0n) is 12.2. The van der Waals surface area contributed by atoms with Gasteiger partial charge in [-0.2, -0.15) is 0 Å². The highest BCUT2D eigenvalue weighted by molar-refractivity contribution is 5.23. The van der Waals surface area contributed by atoms with Crippen molar-refractivity contribution in [1.82, 2.24) is 5.32 Å². The molecule has 0 aliphatic heterocycles. The molecule has 1 heterocycles. The van der Waals surface area contributed by atoms with Crippen LogP contribution in [0.1, 0.15) is 51.2 Å². The lowest BCUT2D eigenvalue weighted by Crippen LogP contribution is -2.27. The van der Waals surface area contributed by atoms with Gasteiger partial charge in [0.2, 0.25) is 0 Å². The van der Waals surface area contributed by atoms with Crippen molar-refractivity contribution in [2.24, 2.45) is 5.92 Å². The Hall–Kier alpha value is -0.760. The molecule has 1 aromatic heterocycles. The molecule has 0 atom stereocenters. The second-order valence-corrected chi connectivity index (χ2v) is 6.08. The van der Waals surface area contributed by atoms with E-state index in [9.17, 15) is 0 Å². The van der Waals surface area contributed by atoms with Gasteiger partial charge in [-0.25, -0.2) is 0 Å². The van der Waals surface area contributed by atoms with Gasteiger partial charge in [0, 0.05) is 5.41 Å². The maximum atomic E-state index is 5.83. The van der Waals surface area contributed by atoms with Crippen molar-refractivity contribution < 1.29 is 4.42 Å². The van der Waals surface area contributed by atoms with Crippen molar-refractivity contribution in [2.45, 2.75) is 53.4 Å². The molecule has 0 fully saturated rings. The van der Waals surface area contributed by atoms with Crippen molar-refractivity contribution in [3.8, 4) is 0 Å². The summed E-state index contributed by atoms with van der Waals surface area (Å²) in [6.45, 7) is 15.2. The largest absolute Gasteiger partial charge is 0.466 e. The van der Waals surface area contributed by atoms with Gasteiger partial charge in [-0.1, -0.05) is 27.7 Å². The van der Waals surface area contributed by atoms with Gasteiger partial charge in [0.15, 0.2) is 0 Å². The standard InChI is InChI=1S/C15H27NO/c1-11(2)10-16-8-7-15(5,6)14-9-12(3)13(4)17-14/h9,11,16H,7-8,10H2,1-6H3. The molecule has 0 radical (unpaired) electrons. The molecule has 98 valence electrons. The molecule has 17 heavy (non-hydrogen) atoms. The van der Waals surface area contributed by atoms with Crippen molar-refractivity contribution in [2.75, 3.05) is 13.1 Å².